The van der Waals surface area contributed by atoms with E-state index in [1.807, 2.05) is 0 Å². The van der Waals surface area contributed by atoms with Gasteiger partial charge in [-0.2, -0.15) is 4.98 Å². The first kappa shape index (κ1) is 16.0. The molecule has 0 aliphatic heterocycles. The predicted octanol–water partition coefficient (Wildman–Crippen LogP) is 2.74. The number of benzene rings is 1. The van der Waals surface area contributed by atoms with Crippen molar-refractivity contribution < 1.29 is 19.0 Å². The molecule has 0 spiro atoms. The first-order chi connectivity index (χ1) is 11.5. The van der Waals surface area contributed by atoms with E-state index in [2.05, 4.69) is 20.6 Å². The molecule has 8 heteroatoms. The number of aromatic nitrogens is 2. The van der Waals surface area contributed by atoms with Crippen molar-refractivity contribution in [2.24, 2.45) is 0 Å². The highest BCUT2D eigenvalue weighted by molar-refractivity contribution is 5.72. The highest BCUT2D eigenvalue weighted by Gasteiger charge is 2.26. The second-order valence-corrected chi connectivity index (χ2v) is 5.50. The Balaban J connectivity index is 1.83. The van der Waals surface area contributed by atoms with Crippen LogP contribution in [0.25, 0.3) is 0 Å². The molecule has 0 unspecified atom stereocenters. The summed E-state index contributed by atoms with van der Waals surface area (Å²) in [5.41, 5.74) is 1.35. The molecule has 0 atom stereocenters. The molecule has 1 aliphatic rings. The molecule has 1 aliphatic carbocycles. The van der Waals surface area contributed by atoms with Gasteiger partial charge in [0.05, 0.1) is 12.8 Å². The molecule has 0 radical (unpaired) electrons. The number of ether oxygens (including phenoxy) is 1. The van der Waals surface area contributed by atoms with Gasteiger partial charge in [-0.3, -0.25) is 4.79 Å². The number of nitrogens with one attached hydrogen (secondary N) is 2. The maximum absolute atomic E-state index is 13.8. The summed E-state index contributed by atoms with van der Waals surface area (Å²) in [5, 5.41) is 14.4. The van der Waals surface area contributed by atoms with Crippen LogP contribution in [0.2, 0.25) is 0 Å². The lowest BCUT2D eigenvalue weighted by Crippen LogP contribution is -2.15. The maximum atomic E-state index is 13.8. The van der Waals surface area contributed by atoms with Crippen molar-refractivity contribution in [3.8, 4) is 5.75 Å². The van der Waals surface area contributed by atoms with E-state index >= 15 is 0 Å². The van der Waals surface area contributed by atoms with Crippen molar-refractivity contribution in [1.29, 1.82) is 0 Å². The van der Waals surface area contributed by atoms with Gasteiger partial charge in [0, 0.05) is 23.7 Å². The van der Waals surface area contributed by atoms with Gasteiger partial charge in [-0.05, 0) is 25.0 Å². The van der Waals surface area contributed by atoms with E-state index in [1.165, 1.54) is 19.2 Å². The number of carboxylic acids is 1. The number of rotatable bonds is 7. The van der Waals surface area contributed by atoms with Crippen LogP contribution in [0.3, 0.4) is 0 Å². The fraction of sp³-hybridized carbons (Fsp3) is 0.312. The smallest absolute Gasteiger partial charge is 0.322 e. The molecule has 0 amide bonds. The number of carbonyl (C=O) groups is 1. The standard InChI is InChI=1S/C16H17FN4O3/c1-24-13-5-4-10(6-11(13)17)19-14-7-12(9-2-3-9)20-16(21-14)18-8-15(22)23/h4-7,9H,2-3,8H2,1H3,(H,22,23)(H2,18,19,20,21). The lowest BCUT2D eigenvalue weighted by molar-refractivity contribution is -0.134. The number of anilines is 3. The summed E-state index contributed by atoms with van der Waals surface area (Å²) in [4.78, 5) is 19.3. The minimum absolute atomic E-state index is 0.158. The van der Waals surface area contributed by atoms with Gasteiger partial charge in [-0.1, -0.05) is 0 Å². The first-order valence-corrected chi connectivity index (χ1v) is 7.50. The van der Waals surface area contributed by atoms with Gasteiger partial charge in [0.25, 0.3) is 0 Å². The van der Waals surface area contributed by atoms with Crippen LogP contribution in [-0.2, 0) is 4.79 Å². The summed E-state index contributed by atoms with van der Waals surface area (Å²) in [6, 6.07) is 6.29. The molecule has 0 bridgehead atoms. The molecule has 0 saturated heterocycles. The summed E-state index contributed by atoms with van der Waals surface area (Å²) in [7, 11) is 1.40. The lowest BCUT2D eigenvalue weighted by atomic mass is 10.2. The Bertz CT molecular complexity index is 765. The monoisotopic (exact) mass is 332 g/mol. The fourth-order valence-corrected chi connectivity index (χ4v) is 2.24. The Morgan fingerprint density at radius 1 is 1.38 bits per heavy atom. The van der Waals surface area contributed by atoms with Crippen LogP contribution in [0.5, 0.6) is 5.75 Å². The Hall–Kier alpha value is -2.90. The third-order valence-electron chi connectivity index (χ3n) is 3.56. The van der Waals surface area contributed by atoms with Gasteiger partial charge in [-0.25, -0.2) is 9.37 Å². The average Bonchev–Trinajstić information content (AvgIpc) is 3.38. The second-order valence-electron chi connectivity index (χ2n) is 5.50. The number of aliphatic carboxylic acids is 1. The summed E-state index contributed by atoms with van der Waals surface area (Å²) in [5.74, 6) is -0.245. The number of methoxy groups -OCH3 is 1. The normalized spacial score (nSPS) is 13.4. The molecule has 24 heavy (non-hydrogen) atoms. The van der Waals surface area contributed by atoms with E-state index < -0.39 is 11.8 Å². The molecule has 126 valence electrons. The van der Waals surface area contributed by atoms with E-state index in [1.54, 1.807) is 12.1 Å². The summed E-state index contributed by atoms with van der Waals surface area (Å²) in [6.07, 6.45) is 2.10. The first-order valence-electron chi connectivity index (χ1n) is 7.50. The van der Waals surface area contributed by atoms with Crippen LogP contribution in [-0.4, -0.2) is 34.7 Å². The van der Waals surface area contributed by atoms with E-state index in [9.17, 15) is 9.18 Å². The molecular formula is C16H17FN4O3. The lowest BCUT2D eigenvalue weighted by Gasteiger charge is -2.11. The topological polar surface area (TPSA) is 96.4 Å². The molecule has 1 aromatic carbocycles. The average molecular weight is 332 g/mol. The fourth-order valence-electron chi connectivity index (χ4n) is 2.24. The predicted molar refractivity (Wildman–Crippen MR) is 86.4 cm³/mol. The summed E-state index contributed by atoms with van der Waals surface area (Å²) < 4.78 is 18.7. The number of halogens is 1. The van der Waals surface area contributed by atoms with Crippen LogP contribution in [0, 0.1) is 5.82 Å². The van der Waals surface area contributed by atoms with E-state index in [4.69, 9.17) is 9.84 Å². The van der Waals surface area contributed by atoms with Gasteiger partial charge in [0.2, 0.25) is 5.95 Å². The Kier molecular flexibility index (Phi) is 4.45. The van der Waals surface area contributed by atoms with Crippen molar-refractivity contribution in [2.45, 2.75) is 18.8 Å². The van der Waals surface area contributed by atoms with Gasteiger partial charge in [0.15, 0.2) is 11.6 Å². The van der Waals surface area contributed by atoms with Gasteiger partial charge >= 0.3 is 5.97 Å². The molecule has 7 nitrogen and oxygen atoms in total. The van der Waals surface area contributed by atoms with Crippen molar-refractivity contribution >= 4 is 23.4 Å². The Morgan fingerprint density at radius 3 is 2.79 bits per heavy atom. The largest absolute Gasteiger partial charge is 0.494 e. The van der Waals surface area contributed by atoms with Crippen LogP contribution in [0.15, 0.2) is 24.3 Å². The van der Waals surface area contributed by atoms with Crippen LogP contribution in [0.1, 0.15) is 24.5 Å². The maximum Gasteiger partial charge on any atom is 0.322 e. The Labute approximate surface area is 137 Å². The van der Waals surface area contributed by atoms with Gasteiger partial charge in [0.1, 0.15) is 12.4 Å². The minimum Gasteiger partial charge on any atom is -0.494 e. The van der Waals surface area contributed by atoms with Gasteiger partial charge < -0.3 is 20.5 Å². The molecule has 1 heterocycles. The van der Waals surface area contributed by atoms with Crippen molar-refractivity contribution in [3.63, 3.8) is 0 Å². The number of hydrogen-bond donors (Lipinski definition) is 3. The molecule has 1 aromatic heterocycles. The zero-order chi connectivity index (χ0) is 17.1. The number of hydrogen-bond acceptors (Lipinski definition) is 6. The third-order valence-corrected chi connectivity index (χ3v) is 3.56. The third kappa shape index (κ3) is 3.89. The Morgan fingerprint density at radius 2 is 2.17 bits per heavy atom. The van der Waals surface area contributed by atoms with Crippen molar-refractivity contribution in [2.75, 3.05) is 24.3 Å². The highest BCUT2D eigenvalue weighted by atomic mass is 19.1. The molecular weight excluding hydrogens is 315 g/mol. The SMILES string of the molecule is COc1ccc(Nc2cc(C3CC3)nc(NCC(=O)O)n2)cc1F. The molecule has 3 N–H and O–H groups in total. The van der Waals surface area contributed by atoms with E-state index in [0.29, 0.717) is 17.4 Å². The summed E-state index contributed by atoms with van der Waals surface area (Å²) >= 11 is 0. The zero-order valence-electron chi connectivity index (χ0n) is 13.0. The molecule has 2 aromatic rings. The summed E-state index contributed by atoms with van der Waals surface area (Å²) in [6.45, 7) is -0.273. The second kappa shape index (κ2) is 6.69. The number of nitrogens with zero attached hydrogens (tertiary/aromatic N) is 2. The number of carboxylic acid groups (broad SMARTS) is 1. The van der Waals surface area contributed by atoms with E-state index in [0.717, 1.165) is 18.5 Å². The van der Waals surface area contributed by atoms with E-state index in [-0.39, 0.29) is 18.2 Å². The van der Waals surface area contributed by atoms with Crippen molar-refractivity contribution in [1.82, 2.24) is 9.97 Å². The molecule has 1 saturated carbocycles. The quantitative estimate of drug-likeness (QED) is 0.717. The minimum atomic E-state index is -0.998. The highest BCUT2D eigenvalue weighted by Crippen LogP contribution is 2.40. The molecule has 1 fully saturated rings. The zero-order valence-corrected chi connectivity index (χ0v) is 13.0. The van der Waals surface area contributed by atoms with Crippen molar-refractivity contribution in [3.05, 3.63) is 35.8 Å². The molecule has 3 rings (SSSR count). The van der Waals surface area contributed by atoms with Crippen LogP contribution in [0.4, 0.5) is 21.8 Å². The van der Waals surface area contributed by atoms with Crippen LogP contribution >= 0.6 is 0 Å². The van der Waals surface area contributed by atoms with Crippen LogP contribution < -0.4 is 15.4 Å². The van der Waals surface area contributed by atoms with Gasteiger partial charge in [-0.15, -0.1) is 0 Å².